The van der Waals surface area contributed by atoms with E-state index in [2.05, 4.69) is 10.6 Å². The first kappa shape index (κ1) is 17.7. The Morgan fingerprint density at radius 1 is 1.20 bits per heavy atom. The van der Waals surface area contributed by atoms with Crippen molar-refractivity contribution in [2.45, 2.75) is 30.2 Å². The zero-order chi connectivity index (χ0) is 15.3. The summed E-state index contributed by atoms with van der Waals surface area (Å²) in [4.78, 5) is 11.8. The Morgan fingerprint density at radius 2 is 1.75 bits per heavy atom. The average Bonchev–Trinajstić information content (AvgIpc) is 2.28. The van der Waals surface area contributed by atoms with Crippen LogP contribution < -0.4 is 10.6 Å². The van der Waals surface area contributed by atoms with Gasteiger partial charge in [-0.25, -0.2) is 0 Å². The average molecular weight is 358 g/mol. The first-order valence-electron chi connectivity index (χ1n) is 6.06. The molecular formula is C13H16Cl4N2O. The van der Waals surface area contributed by atoms with Gasteiger partial charge in [0.15, 0.2) is 0 Å². The van der Waals surface area contributed by atoms with E-state index < -0.39 is 9.96 Å². The summed E-state index contributed by atoms with van der Waals surface area (Å²) in [5.74, 6) is 0.0411. The molecule has 1 amide bonds. The van der Waals surface area contributed by atoms with Crippen LogP contribution >= 0.6 is 46.4 Å². The van der Waals surface area contributed by atoms with Gasteiger partial charge in [0.25, 0.3) is 0 Å². The van der Waals surface area contributed by atoms with E-state index in [0.717, 1.165) is 0 Å². The number of alkyl halides is 3. The molecule has 0 aromatic heterocycles. The summed E-state index contributed by atoms with van der Waals surface area (Å²) in [7, 11) is 0. The summed E-state index contributed by atoms with van der Waals surface area (Å²) in [6.45, 7) is 3.88. The number of halogens is 4. The van der Waals surface area contributed by atoms with Gasteiger partial charge in [-0.2, -0.15) is 0 Å². The molecule has 2 N–H and O–H groups in total. The lowest BCUT2D eigenvalue weighted by Crippen LogP contribution is -2.49. The minimum absolute atomic E-state index is 0.183. The predicted molar refractivity (Wildman–Crippen MR) is 86.8 cm³/mol. The zero-order valence-electron chi connectivity index (χ0n) is 11.1. The molecule has 0 unspecified atom stereocenters. The van der Waals surface area contributed by atoms with Gasteiger partial charge >= 0.3 is 0 Å². The van der Waals surface area contributed by atoms with Crippen molar-refractivity contribution in [3.63, 3.8) is 0 Å². The molecule has 0 fully saturated rings. The first-order chi connectivity index (χ1) is 9.18. The van der Waals surface area contributed by atoms with Gasteiger partial charge in [-0.1, -0.05) is 60.3 Å². The number of benzene rings is 1. The van der Waals surface area contributed by atoms with E-state index in [0.29, 0.717) is 17.1 Å². The molecule has 0 bridgehead atoms. The maximum atomic E-state index is 11.8. The Kier molecular flexibility index (Phi) is 6.73. The summed E-state index contributed by atoms with van der Waals surface area (Å²) in [5.41, 5.74) is 0.690. The second kappa shape index (κ2) is 7.60. The van der Waals surface area contributed by atoms with Gasteiger partial charge in [0, 0.05) is 17.1 Å². The highest BCUT2D eigenvalue weighted by Crippen LogP contribution is 2.31. The Labute approximate surface area is 138 Å². The Bertz CT molecular complexity index is 443. The molecule has 112 valence electrons. The van der Waals surface area contributed by atoms with Crippen molar-refractivity contribution in [1.82, 2.24) is 5.32 Å². The van der Waals surface area contributed by atoms with E-state index in [4.69, 9.17) is 46.4 Å². The number of carbonyl (C=O) groups excluding carboxylic acids is 1. The van der Waals surface area contributed by atoms with Crippen molar-refractivity contribution in [3.05, 3.63) is 29.3 Å². The Hall–Kier alpha value is -0.350. The summed E-state index contributed by atoms with van der Waals surface area (Å²) < 4.78 is -1.67. The molecule has 1 aromatic rings. The summed E-state index contributed by atoms with van der Waals surface area (Å²) in [6, 6.07) is 6.88. The summed E-state index contributed by atoms with van der Waals surface area (Å²) in [6.07, 6.45) is -0.473. The van der Waals surface area contributed by atoms with E-state index in [1.54, 1.807) is 24.3 Å². The molecule has 7 heteroatoms. The fourth-order valence-corrected chi connectivity index (χ4v) is 1.96. The van der Waals surface area contributed by atoms with Crippen molar-refractivity contribution in [1.29, 1.82) is 0 Å². The lowest BCUT2D eigenvalue weighted by atomic mass is 10.1. The smallest absolute Gasteiger partial charge is 0.228 e. The molecule has 0 radical (unpaired) electrons. The van der Waals surface area contributed by atoms with Gasteiger partial charge in [-0.05, 0) is 30.2 Å². The van der Waals surface area contributed by atoms with Crippen molar-refractivity contribution < 1.29 is 4.79 Å². The maximum Gasteiger partial charge on any atom is 0.228 e. The van der Waals surface area contributed by atoms with Gasteiger partial charge in [0.05, 0.1) is 0 Å². The lowest BCUT2D eigenvalue weighted by molar-refractivity contribution is -0.122. The number of carbonyl (C=O) groups is 1. The minimum Gasteiger partial charge on any atom is -0.362 e. The number of hydrogen-bond acceptors (Lipinski definition) is 2. The quantitative estimate of drug-likeness (QED) is 0.596. The van der Waals surface area contributed by atoms with Crippen LogP contribution in [0, 0.1) is 5.92 Å². The topological polar surface area (TPSA) is 41.1 Å². The molecule has 1 atom stereocenters. The minimum atomic E-state index is -1.67. The number of nitrogens with one attached hydrogen (secondary N) is 2. The van der Waals surface area contributed by atoms with Crippen LogP contribution in [-0.2, 0) is 4.79 Å². The lowest BCUT2D eigenvalue weighted by Gasteiger charge is -2.27. The summed E-state index contributed by atoms with van der Waals surface area (Å²) in [5, 5.41) is 6.24. The van der Waals surface area contributed by atoms with Gasteiger partial charge in [0.2, 0.25) is 9.70 Å². The molecule has 1 rings (SSSR count). The highest BCUT2D eigenvalue weighted by Gasteiger charge is 2.34. The first-order valence-corrected chi connectivity index (χ1v) is 7.58. The largest absolute Gasteiger partial charge is 0.362 e. The molecule has 0 aliphatic heterocycles. The van der Waals surface area contributed by atoms with Gasteiger partial charge in [-0.15, -0.1) is 0 Å². The van der Waals surface area contributed by atoms with Gasteiger partial charge < -0.3 is 10.6 Å². The normalized spacial score (nSPS) is 13.2. The monoisotopic (exact) mass is 356 g/mol. The highest BCUT2D eigenvalue weighted by atomic mass is 35.6. The number of amides is 1. The van der Waals surface area contributed by atoms with E-state index in [9.17, 15) is 4.79 Å². The van der Waals surface area contributed by atoms with E-state index in [1.165, 1.54) is 0 Å². The van der Waals surface area contributed by atoms with Crippen molar-refractivity contribution in [2.24, 2.45) is 5.92 Å². The maximum absolute atomic E-state index is 11.8. The Balaban J connectivity index is 2.75. The van der Waals surface area contributed by atoms with Crippen LogP contribution in [0.5, 0.6) is 0 Å². The van der Waals surface area contributed by atoms with E-state index in [1.807, 2.05) is 13.8 Å². The van der Waals surface area contributed by atoms with Crippen LogP contribution in [0.1, 0.15) is 20.3 Å². The molecule has 0 saturated carbocycles. The zero-order valence-corrected chi connectivity index (χ0v) is 14.1. The molecule has 0 spiro atoms. The van der Waals surface area contributed by atoms with Crippen LogP contribution in [0.2, 0.25) is 5.02 Å². The second-order valence-electron chi connectivity index (χ2n) is 4.79. The SMILES string of the molecule is CC(C)CC(=O)N[C@@H](Nc1ccc(Cl)cc1)C(Cl)(Cl)Cl. The fraction of sp³-hybridized carbons (Fsp3) is 0.462. The number of rotatable bonds is 5. The Morgan fingerprint density at radius 3 is 2.20 bits per heavy atom. The fourth-order valence-electron chi connectivity index (χ4n) is 1.50. The summed E-state index contributed by atoms with van der Waals surface area (Å²) >= 11 is 23.5. The predicted octanol–water partition coefficient (Wildman–Crippen LogP) is 4.61. The molecule has 0 aliphatic carbocycles. The van der Waals surface area contributed by atoms with Gasteiger partial charge in [0.1, 0.15) is 6.17 Å². The molecule has 0 saturated heterocycles. The molecule has 20 heavy (non-hydrogen) atoms. The molecule has 0 aliphatic rings. The second-order valence-corrected chi connectivity index (χ2v) is 7.60. The van der Waals surface area contributed by atoms with Crippen molar-refractivity contribution in [3.8, 4) is 0 Å². The highest BCUT2D eigenvalue weighted by molar-refractivity contribution is 6.68. The third kappa shape index (κ3) is 6.40. The third-order valence-corrected chi connectivity index (χ3v) is 3.29. The van der Waals surface area contributed by atoms with Crippen LogP contribution in [0.15, 0.2) is 24.3 Å². The van der Waals surface area contributed by atoms with Crippen molar-refractivity contribution in [2.75, 3.05) is 5.32 Å². The van der Waals surface area contributed by atoms with Crippen LogP contribution in [0.25, 0.3) is 0 Å². The molecular weight excluding hydrogens is 342 g/mol. The van der Waals surface area contributed by atoms with Gasteiger partial charge in [-0.3, -0.25) is 4.79 Å². The standard InChI is InChI=1S/C13H16Cl4N2O/c1-8(2)7-11(20)19-12(13(15,16)17)18-10-5-3-9(14)4-6-10/h3-6,8,12,18H,7H2,1-2H3,(H,19,20)/t12-/m1/s1. The van der Waals surface area contributed by atoms with Crippen molar-refractivity contribution >= 4 is 58.0 Å². The van der Waals surface area contributed by atoms with Crippen LogP contribution in [-0.4, -0.2) is 15.9 Å². The molecule has 1 aromatic carbocycles. The number of hydrogen-bond donors (Lipinski definition) is 2. The third-order valence-electron chi connectivity index (χ3n) is 2.38. The number of anilines is 1. The van der Waals surface area contributed by atoms with E-state index in [-0.39, 0.29) is 11.8 Å². The molecule has 3 nitrogen and oxygen atoms in total. The van der Waals surface area contributed by atoms with Crippen LogP contribution in [0.3, 0.4) is 0 Å². The molecule has 0 heterocycles. The van der Waals surface area contributed by atoms with Crippen LogP contribution in [0.4, 0.5) is 5.69 Å². The van der Waals surface area contributed by atoms with E-state index >= 15 is 0 Å².